The van der Waals surface area contributed by atoms with Gasteiger partial charge in [-0.05, 0) is 158 Å². The molecule has 0 aliphatic heterocycles. The third-order valence-corrected chi connectivity index (χ3v) is 16.3. The topological polar surface area (TPSA) is 86.7 Å². The molecule has 2 fully saturated rings. The number of ketones is 2. The van der Waals surface area contributed by atoms with Gasteiger partial charge in [0.05, 0.1) is 25.0 Å². The lowest BCUT2D eigenvalue weighted by molar-refractivity contribution is -0.162. The molecule has 318 valence electrons. The second-order valence-corrected chi connectivity index (χ2v) is 20.5. The van der Waals surface area contributed by atoms with E-state index in [2.05, 4.69) is 79.7 Å². The number of methoxy groups -OCH3 is 2. The molecule has 2 saturated carbocycles. The summed E-state index contributed by atoms with van der Waals surface area (Å²) in [5, 5.41) is 0. The van der Waals surface area contributed by atoms with Gasteiger partial charge in [-0.2, -0.15) is 0 Å². The van der Waals surface area contributed by atoms with Gasteiger partial charge in [0.2, 0.25) is 0 Å². The zero-order valence-corrected chi connectivity index (χ0v) is 37.8. The van der Waals surface area contributed by atoms with Crippen molar-refractivity contribution in [1.82, 2.24) is 0 Å². The second-order valence-electron chi connectivity index (χ2n) is 20.5. The molecule has 58 heavy (non-hydrogen) atoms. The van der Waals surface area contributed by atoms with Crippen molar-refractivity contribution in [2.75, 3.05) is 14.2 Å². The third-order valence-electron chi connectivity index (χ3n) is 16.3. The summed E-state index contributed by atoms with van der Waals surface area (Å²) >= 11 is 0. The Morgan fingerprint density at radius 2 is 0.931 bits per heavy atom. The molecule has 0 heterocycles. The minimum absolute atomic E-state index is 0.0955. The smallest absolute Gasteiger partial charge is 0.311 e. The maximum absolute atomic E-state index is 14.0. The van der Waals surface area contributed by atoms with Crippen molar-refractivity contribution in [3.05, 3.63) is 68.8 Å². The van der Waals surface area contributed by atoms with E-state index >= 15 is 0 Å². The molecule has 6 nitrogen and oxygen atoms in total. The quantitative estimate of drug-likeness (QED) is 0.101. The fraction of sp³-hybridized carbons (Fsp3) is 0.692. The summed E-state index contributed by atoms with van der Waals surface area (Å²) < 4.78 is 10.7. The summed E-state index contributed by atoms with van der Waals surface area (Å²) in [7, 11) is 3.02. The zero-order chi connectivity index (χ0) is 42.2. The molecule has 0 amide bonds. The van der Waals surface area contributed by atoms with Crippen LogP contribution in [0.5, 0.6) is 0 Å². The van der Waals surface area contributed by atoms with Gasteiger partial charge in [0.25, 0.3) is 0 Å². The monoisotopic (exact) mass is 795 g/mol. The summed E-state index contributed by atoms with van der Waals surface area (Å²) in [6.07, 6.45) is 16.5. The summed E-state index contributed by atoms with van der Waals surface area (Å²) in [5.74, 6) is 1.21. The molecule has 0 spiro atoms. The second kappa shape index (κ2) is 17.4. The first-order valence-corrected chi connectivity index (χ1v) is 23.0. The molecule has 4 aliphatic carbocycles. The van der Waals surface area contributed by atoms with Crippen LogP contribution in [0.4, 0.5) is 0 Å². The van der Waals surface area contributed by atoms with Crippen LogP contribution in [0, 0.1) is 22.7 Å². The van der Waals surface area contributed by atoms with Gasteiger partial charge < -0.3 is 9.47 Å². The Morgan fingerprint density at radius 1 is 0.569 bits per heavy atom. The Kier molecular flexibility index (Phi) is 13.3. The number of aryl methyl sites for hydroxylation is 2. The number of fused-ring (bicyclic) bond motifs is 6. The Balaban J connectivity index is 1.04. The van der Waals surface area contributed by atoms with E-state index in [9.17, 15) is 19.2 Å². The number of hydrogen-bond acceptors (Lipinski definition) is 6. The summed E-state index contributed by atoms with van der Waals surface area (Å²) in [5.41, 5.74) is 8.06. The van der Waals surface area contributed by atoms with E-state index in [1.807, 2.05) is 0 Å². The Hall–Kier alpha value is -3.28. The fourth-order valence-electron chi connectivity index (χ4n) is 13.0. The number of esters is 2. The normalized spacial score (nSPS) is 28.9. The number of hydrogen-bond donors (Lipinski definition) is 0. The van der Waals surface area contributed by atoms with Gasteiger partial charge in [-0.15, -0.1) is 0 Å². The first-order chi connectivity index (χ1) is 27.5. The van der Waals surface area contributed by atoms with Crippen LogP contribution >= 0.6 is 0 Å². The Bertz CT molecular complexity index is 1750. The van der Waals surface area contributed by atoms with E-state index in [0.717, 1.165) is 125 Å². The highest BCUT2D eigenvalue weighted by Crippen LogP contribution is 2.59. The molecular weight excluding hydrogens is 721 g/mol. The van der Waals surface area contributed by atoms with Gasteiger partial charge in [0.1, 0.15) is 0 Å². The molecule has 0 radical (unpaired) electrons. The first-order valence-electron chi connectivity index (χ1n) is 23.0. The fourth-order valence-corrected chi connectivity index (χ4v) is 13.0. The van der Waals surface area contributed by atoms with Gasteiger partial charge in [0, 0.05) is 24.0 Å². The minimum atomic E-state index is -0.500. The summed E-state index contributed by atoms with van der Waals surface area (Å²) in [4.78, 5) is 54.1. The van der Waals surface area contributed by atoms with Crippen molar-refractivity contribution in [2.45, 2.75) is 194 Å². The Morgan fingerprint density at radius 3 is 1.28 bits per heavy atom. The molecule has 6 rings (SSSR count). The number of carbonyl (C=O) groups excluding carboxylic acids is 4. The van der Waals surface area contributed by atoms with Crippen LogP contribution in [0.2, 0.25) is 0 Å². The van der Waals surface area contributed by atoms with E-state index in [4.69, 9.17) is 9.47 Å². The molecule has 0 saturated heterocycles. The predicted octanol–water partition coefficient (Wildman–Crippen LogP) is 12.5. The molecule has 6 atom stereocenters. The van der Waals surface area contributed by atoms with Crippen LogP contribution in [0.3, 0.4) is 0 Å². The zero-order valence-electron chi connectivity index (χ0n) is 37.8. The molecule has 2 aromatic carbocycles. The molecule has 2 aromatic rings. The number of ether oxygens (including phenoxy) is 2. The number of Topliss-reactive ketones (excluding diaryl/α,β-unsaturated/α-hetero) is 2. The van der Waals surface area contributed by atoms with Crippen molar-refractivity contribution >= 4 is 23.5 Å². The molecule has 0 N–H and O–H groups in total. The average Bonchev–Trinajstić information content (AvgIpc) is 3.19. The molecule has 0 aromatic heterocycles. The largest absolute Gasteiger partial charge is 0.469 e. The van der Waals surface area contributed by atoms with Crippen molar-refractivity contribution in [3.8, 4) is 0 Å². The minimum Gasteiger partial charge on any atom is -0.469 e. The highest BCUT2D eigenvalue weighted by atomic mass is 16.5. The maximum atomic E-state index is 14.0. The summed E-state index contributed by atoms with van der Waals surface area (Å²) in [6.45, 7) is 17.6. The predicted molar refractivity (Wildman–Crippen MR) is 233 cm³/mol. The van der Waals surface area contributed by atoms with Crippen LogP contribution in [0.25, 0.3) is 0 Å². The van der Waals surface area contributed by atoms with Gasteiger partial charge >= 0.3 is 11.9 Å². The van der Waals surface area contributed by atoms with Crippen molar-refractivity contribution in [3.63, 3.8) is 0 Å². The van der Waals surface area contributed by atoms with Gasteiger partial charge in [0.15, 0.2) is 11.6 Å². The number of carbonyl (C=O) groups is 4. The van der Waals surface area contributed by atoms with Crippen LogP contribution in [0.15, 0.2) is 24.3 Å². The Labute approximate surface area is 350 Å². The molecule has 0 bridgehead atoms. The van der Waals surface area contributed by atoms with E-state index in [-0.39, 0.29) is 58.0 Å². The van der Waals surface area contributed by atoms with Crippen molar-refractivity contribution < 1.29 is 28.7 Å². The molecule has 6 unspecified atom stereocenters. The van der Waals surface area contributed by atoms with Crippen LogP contribution < -0.4 is 0 Å². The SMILES string of the molecule is COC(=O)C1(C)CCCC2(C)c3cc(C(=O)CCCCCCCCC(=O)c4cc5c(cc4C(C)C)CCC4C(C)(C(=O)OC)CCCC54C)c(C(C)C)cc3CCC12. The van der Waals surface area contributed by atoms with Gasteiger partial charge in [-0.1, -0.05) is 92.2 Å². The van der Waals surface area contributed by atoms with Crippen LogP contribution in [-0.4, -0.2) is 37.7 Å². The third kappa shape index (κ3) is 7.89. The first kappa shape index (κ1) is 44.3. The van der Waals surface area contributed by atoms with Gasteiger partial charge in [-0.25, -0.2) is 0 Å². The standard InChI is InChI=1S/C52H74O6/c1-33(2)37-29-35-21-23-45-49(5,25-17-27-51(45,7)47(55)57-9)41(35)31-39(37)43(53)19-15-13-11-12-14-16-20-44(54)40-32-42-36(30-38(40)34(3)4)22-24-46-50(42,6)26-18-28-52(46,8)48(56)58-10/h29-34,45-46H,11-28H2,1-10H3. The molecule has 6 heteroatoms. The lowest BCUT2D eigenvalue weighted by Gasteiger charge is -2.54. The van der Waals surface area contributed by atoms with Gasteiger partial charge in [-0.3, -0.25) is 19.2 Å². The average molecular weight is 795 g/mol. The molecular formula is C52H74O6. The number of benzene rings is 2. The summed E-state index contributed by atoms with van der Waals surface area (Å²) in [6, 6.07) is 9.11. The van der Waals surface area contributed by atoms with E-state index in [1.54, 1.807) is 0 Å². The van der Waals surface area contributed by atoms with E-state index in [1.165, 1.54) is 36.5 Å². The number of unbranched alkanes of at least 4 members (excludes halogenated alkanes) is 5. The highest BCUT2D eigenvalue weighted by Gasteiger charge is 2.57. The van der Waals surface area contributed by atoms with E-state index < -0.39 is 10.8 Å². The highest BCUT2D eigenvalue weighted by molar-refractivity contribution is 5.99. The van der Waals surface area contributed by atoms with Crippen LogP contribution in [0.1, 0.15) is 224 Å². The lowest BCUT2D eigenvalue weighted by Crippen LogP contribution is -2.52. The lowest BCUT2D eigenvalue weighted by atomic mass is 9.49. The van der Waals surface area contributed by atoms with Crippen molar-refractivity contribution in [1.29, 1.82) is 0 Å². The molecule has 4 aliphatic rings. The van der Waals surface area contributed by atoms with E-state index in [0.29, 0.717) is 12.8 Å². The van der Waals surface area contributed by atoms with Crippen LogP contribution in [-0.2, 0) is 42.7 Å². The number of rotatable bonds is 15. The van der Waals surface area contributed by atoms with Crippen molar-refractivity contribution in [2.24, 2.45) is 22.7 Å². The maximum Gasteiger partial charge on any atom is 0.311 e.